The van der Waals surface area contributed by atoms with E-state index in [9.17, 15) is 13.2 Å². The predicted octanol–water partition coefficient (Wildman–Crippen LogP) is 4.35. The van der Waals surface area contributed by atoms with Gasteiger partial charge in [-0.25, -0.2) is 8.42 Å². The molecule has 1 aliphatic rings. The van der Waals surface area contributed by atoms with E-state index >= 15 is 0 Å². The van der Waals surface area contributed by atoms with Gasteiger partial charge in [0.1, 0.15) is 6.04 Å². The average Bonchev–Trinajstić information content (AvgIpc) is 3.10. The summed E-state index contributed by atoms with van der Waals surface area (Å²) in [4.78, 5) is 13.2. The first-order valence-corrected chi connectivity index (χ1v) is 11.9. The van der Waals surface area contributed by atoms with Crippen LogP contribution < -0.4 is 9.62 Å². The molecule has 30 heavy (non-hydrogen) atoms. The molecule has 1 atom stereocenters. The lowest BCUT2D eigenvalue weighted by Gasteiger charge is -2.30. The highest BCUT2D eigenvalue weighted by Crippen LogP contribution is 2.35. The van der Waals surface area contributed by atoms with Crippen LogP contribution in [0.5, 0.6) is 0 Å². The van der Waals surface area contributed by atoms with E-state index in [-0.39, 0.29) is 5.91 Å². The Balaban J connectivity index is 1.71. The first-order chi connectivity index (χ1) is 14.2. The lowest BCUT2D eigenvalue weighted by molar-refractivity contribution is -0.116. The highest BCUT2D eigenvalue weighted by atomic mass is 32.2. The van der Waals surface area contributed by atoms with Gasteiger partial charge in [0.25, 0.3) is 0 Å². The number of anilines is 2. The monoisotopic (exact) mass is 422 g/mol. The lowest BCUT2D eigenvalue weighted by Crippen LogP contribution is -2.45. The Kier molecular flexibility index (Phi) is 5.06. The Labute approximate surface area is 177 Å². The smallest absolute Gasteiger partial charge is 0.248 e. The van der Waals surface area contributed by atoms with Crippen molar-refractivity contribution in [1.29, 1.82) is 0 Å². The molecule has 0 heterocycles. The SMILES string of the molecule is Cc1ccc(C)c(N([C@@H](C)C(=O)Nc2ccc3c4c(cccc24)CC3)S(C)(=O)=O)c1. The summed E-state index contributed by atoms with van der Waals surface area (Å²) in [6.45, 7) is 5.37. The standard InChI is InChI=1S/C24H26N2O3S/c1-15-8-9-16(2)22(14-15)26(30(4,28)29)17(3)24(27)25-21-13-12-19-11-10-18-6-5-7-20(21)23(18)19/h5-9,12-14,17H,10-11H2,1-4H3,(H,25,27)/t17-/m0/s1. The molecule has 0 radical (unpaired) electrons. The van der Waals surface area contributed by atoms with E-state index < -0.39 is 16.1 Å². The van der Waals surface area contributed by atoms with Crippen LogP contribution in [0.4, 0.5) is 11.4 Å². The van der Waals surface area contributed by atoms with Gasteiger partial charge in [-0.15, -0.1) is 0 Å². The molecule has 5 nitrogen and oxygen atoms in total. The average molecular weight is 423 g/mol. The molecule has 0 saturated heterocycles. The van der Waals surface area contributed by atoms with E-state index in [1.807, 2.05) is 44.2 Å². The number of sulfonamides is 1. The van der Waals surface area contributed by atoms with Crippen molar-refractivity contribution < 1.29 is 13.2 Å². The van der Waals surface area contributed by atoms with Crippen LogP contribution in [0.25, 0.3) is 10.8 Å². The maximum Gasteiger partial charge on any atom is 0.248 e. The van der Waals surface area contributed by atoms with Gasteiger partial charge in [-0.3, -0.25) is 9.10 Å². The molecule has 1 aliphatic carbocycles. The minimum absolute atomic E-state index is 0.361. The topological polar surface area (TPSA) is 66.5 Å². The normalized spacial score (nSPS) is 14.0. The number of amides is 1. The third-order valence-electron chi connectivity index (χ3n) is 5.83. The molecular weight excluding hydrogens is 396 g/mol. The van der Waals surface area contributed by atoms with E-state index in [2.05, 4.69) is 17.4 Å². The van der Waals surface area contributed by atoms with Crippen molar-refractivity contribution in [3.8, 4) is 0 Å². The summed E-state index contributed by atoms with van der Waals surface area (Å²) in [5, 5.41) is 5.18. The summed E-state index contributed by atoms with van der Waals surface area (Å²) in [7, 11) is -3.67. The molecule has 0 bridgehead atoms. The molecule has 4 rings (SSSR count). The highest BCUT2D eigenvalue weighted by molar-refractivity contribution is 7.92. The number of carbonyl (C=O) groups is 1. The summed E-state index contributed by atoms with van der Waals surface area (Å²) in [5.41, 5.74) is 5.56. The fraction of sp³-hybridized carbons (Fsp3) is 0.292. The van der Waals surface area contributed by atoms with E-state index in [1.54, 1.807) is 13.0 Å². The first-order valence-electron chi connectivity index (χ1n) is 10.1. The first kappa shape index (κ1) is 20.4. The lowest BCUT2D eigenvalue weighted by atomic mass is 10.0. The van der Waals surface area contributed by atoms with Crippen molar-refractivity contribution in [3.63, 3.8) is 0 Å². The van der Waals surface area contributed by atoms with Gasteiger partial charge in [0, 0.05) is 11.1 Å². The van der Waals surface area contributed by atoms with Crippen LogP contribution in [0.1, 0.15) is 29.2 Å². The zero-order valence-corrected chi connectivity index (χ0v) is 18.5. The van der Waals surface area contributed by atoms with Gasteiger partial charge in [-0.1, -0.05) is 36.4 Å². The number of rotatable bonds is 5. The van der Waals surface area contributed by atoms with Gasteiger partial charge < -0.3 is 5.32 Å². The van der Waals surface area contributed by atoms with Crippen LogP contribution in [-0.2, 0) is 27.7 Å². The third kappa shape index (κ3) is 3.56. The fourth-order valence-corrected chi connectivity index (χ4v) is 5.56. The summed E-state index contributed by atoms with van der Waals surface area (Å²) in [5.74, 6) is -0.361. The van der Waals surface area contributed by atoms with Crippen LogP contribution in [0.2, 0.25) is 0 Å². The van der Waals surface area contributed by atoms with Crippen LogP contribution >= 0.6 is 0 Å². The second-order valence-corrected chi connectivity index (χ2v) is 9.99. The molecule has 1 N–H and O–H groups in total. The maximum atomic E-state index is 13.2. The number of nitrogens with zero attached hydrogens (tertiary/aromatic N) is 1. The Morgan fingerprint density at radius 3 is 2.43 bits per heavy atom. The van der Waals surface area contributed by atoms with E-state index in [0.717, 1.165) is 35.6 Å². The molecule has 0 fully saturated rings. The van der Waals surface area contributed by atoms with Gasteiger partial charge in [0.05, 0.1) is 11.9 Å². The van der Waals surface area contributed by atoms with E-state index in [4.69, 9.17) is 0 Å². The molecule has 156 valence electrons. The molecule has 0 aromatic heterocycles. The van der Waals surface area contributed by atoms with Gasteiger partial charge in [0.15, 0.2) is 0 Å². The molecule has 6 heteroatoms. The van der Waals surface area contributed by atoms with Gasteiger partial charge >= 0.3 is 0 Å². The number of hydrogen-bond acceptors (Lipinski definition) is 3. The van der Waals surface area contributed by atoms with Crippen molar-refractivity contribution in [1.82, 2.24) is 0 Å². The molecule has 3 aromatic rings. The highest BCUT2D eigenvalue weighted by Gasteiger charge is 2.30. The van der Waals surface area contributed by atoms with Crippen molar-refractivity contribution in [2.75, 3.05) is 15.9 Å². The molecule has 3 aromatic carbocycles. The number of hydrogen-bond donors (Lipinski definition) is 1. The number of aryl methyl sites for hydroxylation is 4. The minimum Gasteiger partial charge on any atom is -0.324 e. The fourth-order valence-electron chi connectivity index (χ4n) is 4.33. The van der Waals surface area contributed by atoms with Crippen molar-refractivity contribution in [2.24, 2.45) is 0 Å². The van der Waals surface area contributed by atoms with Crippen LogP contribution in [0, 0.1) is 13.8 Å². The maximum absolute atomic E-state index is 13.2. The Bertz CT molecular complexity index is 1250. The van der Waals surface area contributed by atoms with Gasteiger partial charge in [-0.05, 0) is 73.4 Å². The largest absolute Gasteiger partial charge is 0.324 e. The zero-order chi connectivity index (χ0) is 21.6. The van der Waals surface area contributed by atoms with Gasteiger partial charge in [-0.2, -0.15) is 0 Å². The predicted molar refractivity (Wildman–Crippen MR) is 123 cm³/mol. The van der Waals surface area contributed by atoms with Crippen LogP contribution in [-0.4, -0.2) is 26.6 Å². The number of carbonyl (C=O) groups excluding carboxylic acids is 1. The quantitative estimate of drug-likeness (QED) is 0.665. The van der Waals surface area contributed by atoms with Crippen molar-refractivity contribution in [3.05, 3.63) is 70.8 Å². The zero-order valence-electron chi connectivity index (χ0n) is 17.7. The molecule has 0 saturated carbocycles. The van der Waals surface area contributed by atoms with Crippen molar-refractivity contribution in [2.45, 2.75) is 39.7 Å². The molecule has 1 amide bonds. The summed E-state index contributed by atoms with van der Waals surface area (Å²) >= 11 is 0. The molecular formula is C24H26N2O3S. The molecule has 0 aliphatic heterocycles. The van der Waals surface area contributed by atoms with E-state index in [1.165, 1.54) is 20.8 Å². The molecule has 0 unspecified atom stereocenters. The summed E-state index contributed by atoms with van der Waals surface area (Å²) in [6.07, 6.45) is 3.15. The van der Waals surface area contributed by atoms with Gasteiger partial charge in [0.2, 0.25) is 15.9 Å². The summed E-state index contributed by atoms with van der Waals surface area (Å²) in [6, 6.07) is 14.8. The summed E-state index contributed by atoms with van der Waals surface area (Å²) < 4.78 is 26.5. The van der Waals surface area contributed by atoms with Crippen molar-refractivity contribution >= 4 is 38.1 Å². The Morgan fingerprint density at radius 1 is 1.03 bits per heavy atom. The second kappa shape index (κ2) is 7.43. The van der Waals surface area contributed by atoms with E-state index in [0.29, 0.717) is 11.4 Å². The molecule has 0 spiro atoms. The van der Waals surface area contributed by atoms with Crippen LogP contribution in [0.3, 0.4) is 0 Å². The number of benzene rings is 3. The Morgan fingerprint density at radius 2 is 1.73 bits per heavy atom. The Hall–Kier alpha value is -2.86. The third-order valence-corrected chi connectivity index (χ3v) is 7.05. The second-order valence-electron chi connectivity index (χ2n) is 8.13. The van der Waals surface area contributed by atoms with Crippen LogP contribution in [0.15, 0.2) is 48.5 Å². The number of nitrogens with one attached hydrogen (secondary N) is 1. The minimum atomic E-state index is -3.67.